The Balaban J connectivity index is 1.56. The molecule has 0 heterocycles. The van der Waals surface area contributed by atoms with Crippen LogP contribution in [0.25, 0.3) is 10.8 Å². The van der Waals surface area contributed by atoms with Gasteiger partial charge in [-0.05, 0) is 150 Å². The summed E-state index contributed by atoms with van der Waals surface area (Å²) >= 11 is 0. The lowest BCUT2D eigenvalue weighted by Crippen LogP contribution is -2.19. The van der Waals surface area contributed by atoms with Gasteiger partial charge in [-0.3, -0.25) is 0 Å². The van der Waals surface area contributed by atoms with Crippen molar-refractivity contribution in [2.45, 2.75) is 143 Å². The molecule has 0 aromatic heterocycles. The molecule has 0 amide bonds. The highest BCUT2D eigenvalue weighted by Gasteiger charge is 2.25. The van der Waals surface area contributed by atoms with E-state index < -0.39 is 15.1 Å². The Labute approximate surface area is 353 Å². The molecule has 0 saturated carbocycles. The van der Waals surface area contributed by atoms with Gasteiger partial charge in [-0.2, -0.15) is 0 Å². The maximum absolute atomic E-state index is 13.9. The van der Waals surface area contributed by atoms with E-state index in [9.17, 15) is 8.42 Å². The van der Waals surface area contributed by atoms with Crippen LogP contribution in [0.3, 0.4) is 0 Å². The predicted octanol–water partition coefficient (Wildman–Crippen LogP) is 15.1. The highest BCUT2D eigenvalue weighted by molar-refractivity contribution is 7.92. The number of hydrogen-bond donors (Lipinski definition) is 0. The van der Waals surface area contributed by atoms with Gasteiger partial charge in [0.25, 0.3) is 0 Å². The number of allylic oxidation sites excluding steroid dienone is 13. The fourth-order valence-corrected chi connectivity index (χ4v) is 8.88. The lowest BCUT2D eigenvalue weighted by molar-refractivity contribution is 0.404. The van der Waals surface area contributed by atoms with Crippen molar-refractivity contribution in [2.24, 2.45) is 0 Å². The van der Waals surface area contributed by atoms with Gasteiger partial charge in [0.2, 0.25) is 0 Å². The second kappa shape index (κ2) is 25.2. The minimum Gasteiger partial charge on any atom is -0.496 e. The molecule has 1 unspecified atom stereocenters. The molecular weight excluding hydrogens is 733 g/mol. The average Bonchev–Trinajstić information content (AvgIpc) is 3.19. The Morgan fingerprint density at radius 1 is 0.569 bits per heavy atom. The third kappa shape index (κ3) is 15.8. The second-order valence-corrected chi connectivity index (χ2v) is 18.4. The van der Waals surface area contributed by atoms with Crippen LogP contribution in [0, 0.1) is 6.92 Å². The summed E-state index contributed by atoms with van der Waals surface area (Å²) < 4.78 is 39.6. The van der Waals surface area contributed by atoms with Crippen LogP contribution in [0.5, 0.6) is 11.5 Å². The maximum atomic E-state index is 13.9. The summed E-state index contributed by atoms with van der Waals surface area (Å²) in [6, 6.07) is 16.8. The van der Waals surface area contributed by atoms with Crippen LogP contribution in [0.1, 0.15) is 130 Å². The minimum absolute atomic E-state index is 0.339. The Morgan fingerprint density at radius 3 is 1.43 bits per heavy atom. The van der Waals surface area contributed by atoms with Crippen molar-refractivity contribution < 1.29 is 17.9 Å². The third-order valence-electron chi connectivity index (χ3n) is 11.0. The second-order valence-electron chi connectivity index (χ2n) is 16.2. The molecule has 314 valence electrons. The van der Waals surface area contributed by atoms with E-state index in [0.717, 1.165) is 97.6 Å². The van der Waals surface area contributed by atoms with Crippen molar-refractivity contribution in [2.75, 3.05) is 14.2 Å². The van der Waals surface area contributed by atoms with E-state index in [0.29, 0.717) is 17.7 Å². The first-order valence-electron chi connectivity index (χ1n) is 21.3. The molecule has 0 aliphatic rings. The van der Waals surface area contributed by atoms with Crippen molar-refractivity contribution in [3.63, 3.8) is 0 Å². The van der Waals surface area contributed by atoms with E-state index >= 15 is 0 Å². The molecule has 0 radical (unpaired) electrons. The van der Waals surface area contributed by atoms with Gasteiger partial charge in [0, 0.05) is 16.3 Å². The molecule has 0 aliphatic heterocycles. The summed E-state index contributed by atoms with van der Waals surface area (Å²) in [5.74, 6) is 1.60. The standard InChI is InChI=1S/C53H72O4S/c1-40(2)22-16-23-41(3)24-17-25-42(4)26-18-27-43(5)28-19-29-44(6)30-20-31-45(7)38-39-48(58(54,55)47-32-12-11-13-33-47)34-21-37-49-46(8)52(56-9)50-35-14-15-36-51(50)53(49)57-10/h11-15,21-22,24,26,28,30,32-36,38,48H,16-20,23,25,27,29,31,37,39H2,1-10H3/b34-21+,41-24+,42-26+,43-28+,44-30+,45-38+. The van der Waals surface area contributed by atoms with Crippen molar-refractivity contribution in [1.29, 1.82) is 0 Å². The Kier molecular flexibility index (Phi) is 20.9. The van der Waals surface area contributed by atoms with E-state index in [1.165, 1.54) is 33.4 Å². The van der Waals surface area contributed by atoms with Crippen molar-refractivity contribution in [1.82, 2.24) is 0 Å². The summed E-state index contributed by atoms with van der Waals surface area (Å²) in [6.07, 6.45) is 29.5. The van der Waals surface area contributed by atoms with Crippen molar-refractivity contribution in [3.8, 4) is 11.5 Å². The van der Waals surface area contributed by atoms with Crippen LogP contribution in [-0.2, 0) is 16.3 Å². The van der Waals surface area contributed by atoms with Gasteiger partial charge in [0.05, 0.1) is 24.4 Å². The van der Waals surface area contributed by atoms with Crippen LogP contribution in [0.2, 0.25) is 0 Å². The first-order chi connectivity index (χ1) is 27.8. The molecule has 0 N–H and O–H groups in total. The number of methoxy groups -OCH3 is 2. The fraction of sp³-hybridized carbons (Fsp3) is 0.434. The first-order valence-corrected chi connectivity index (χ1v) is 22.8. The third-order valence-corrected chi connectivity index (χ3v) is 13.0. The number of sulfone groups is 1. The molecule has 0 saturated heterocycles. The topological polar surface area (TPSA) is 52.6 Å². The number of benzene rings is 3. The molecule has 0 fully saturated rings. The van der Waals surface area contributed by atoms with Crippen LogP contribution in [-0.4, -0.2) is 27.9 Å². The summed E-state index contributed by atoms with van der Waals surface area (Å²) in [5.41, 5.74) is 10.4. The molecule has 4 nitrogen and oxygen atoms in total. The van der Waals surface area contributed by atoms with Gasteiger partial charge in [0.15, 0.2) is 9.84 Å². The summed E-state index contributed by atoms with van der Waals surface area (Å²) in [4.78, 5) is 0.339. The molecular formula is C53H72O4S. The average molecular weight is 805 g/mol. The zero-order chi connectivity index (χ0) is 42.5. The lowest BCUT2D eigenvalue weighted by Gasteiger charge is -2.18. The molecule has 3 aromatic carbocycles. The van der Waals surface area contributed by atoms with E-state index in [4.69, 9.17) is 9.47 Å². The number of rotatable bonds is 24. The Bertz CT molecular complexity index is 2080. The Morgan fingerprint density at radius 2 is 0.983 bits per heavy atom. The molecule has 3 rings (SSSR count). The normalized spacial score (nSPS) is 14.0. The van der Waals surface area contributed by atoms with Gasteiger partial charge in [-0.1, -0.05) is 125 Å². The largest absolute Gasteiger partial charge is 0.496 e. The maximum Gasteiger partial charge on any atom is 0.185 e. The number of hydrogen-bond acceptors (Lipinski definition) is 4. The van der Waals surface area contributed by atoms with Crippen LogP contribution < -0.4 is 9.47 Å². The van der Waals surface area contributed by atoms with E-state index in [-0.39, 0.29) is 0 Å². The molecule has 58 heavy (non-hydrogen) atoms. The summed E-state index contributed by atoms with van der Waals surface area (Å²) in [7, 11) is -0.239. The Hall–Kier alpha value is -4.35. The minimum atomic E-state index is -3.61. The van der Waals surface area contributed by atoms with E-state index in [2.05, 4.69) is 84.9 Å². The van der Waals surface area contributed by atoms with Gasteiger partial charge in [-0.15, -0.1) is 0 Å². The lowest BCUT2D eigenvalue weighted by atomic mass is 9.96. The van der Waals surface area contributed by atoms with E-state index in [1.54, 1.807) is 38.5 Å². The van der Waals surface area contributed by atoms with Gasteiger partial charge in [0.1, 0.15) is 11.5 Å². The summed E-state index contributed by atoms with van der Waals surface area (Å²) in [5, 5.41) is 1.28. The highest BCUT2D eigenvalue weighted by atomic mass is 32.2. The molecule has 3 aromatic rings. The predicted molar refractivity (Wildman–Crippen MR) is 251 cm³/mol. The van der Waals surface area contributed by atoms with Gasteiger partial charge >= 0.3 is 0 Å². The SMILES string of the molecule is COc1c(C)c(C/C=C/C(C/C=C(\C)CC/C=C(\C)CC/C=C(\C)CC/C=C(\C)CC/C=C(\C)CCC=C(C)C)S(=O)(=O)c2ccccc2)c(OC)c2ccccc12. The summed E-state index contributed by atoms with van der Waals surface area (Å²) in [6.45, 7) is 17.5. The molecule has 0 spiro atoms. The first kappa shape index (κ1) is 48.0. The van der Waals surface area contributed by atoms with Crippen LogP contribution >= 0.6 is 0 Å². The van der Waals surface area contributed by atoms with Gasteiger partial charge in [-0.25, -0.2) is 8.42 Å². The zero-order valence-electron chi connectivity index (χ0n) is 37.4. The van der Waals surface area contributed by atoms with Gasteiger partial charge < -0.3 is 9.47 Å². The molecule has 0 bridgehead atoms. The van der Waals surface area contributed by atoms with E-state index in [1.807, 2.05) is 49.4 Å². The highest BCUT2D eigenvalue weighted by Crippen LogP contribution is 2.40. The smallest absolute Gasteiger partial charge is 0.185 e. The molecule has 5 heteroatoms. The number of fused-ring (bicyclic) bond motifs is 1. The van der Waals surface area contributed by atoms with Crippen molar-refractivity contribution >= 4 is 20.6 Å². The quantitative estimate of drug-likeness (QED) is 0.0846. The van der Waals surface area contributed by atoms with Crippen LogP contribution in [0.4, 0.5) is 0 Å². The molecule has 1 atom stereocenters. The molecule has 0 aliphatic carbocycles. The number of ether oxygens (including phenoxy) is 2. The zero-order valence-corrected chi connectivity index (χ0v) is 38.2. The fourth-order valence-electron chi connectivity index (χ4n) is 7.33. The van der Waals surface area contributed by atoms with Crippen LogP contribution in [0.15, 0.2) is 142 Å². The monoisotopic (exact) mass is 805 g/mol. The van der Waals surface area contributed by atoms with Crippen molar-refractivity contribution in [3.05, 3.63) is 148 Å².